The zero-order chi connectivity index (χ0) is 21.0. The molecule has 0 aliphatic heterocycles. The minimum Gasteiger partial charge on any atom is -0.452 e. The highest BCUT2D eigenvalue weighted by Gasteiger charge is 2.23. The molecule has 0 saturated heterocycles. The number of hydrogen-bond acceptors (Lipinski definition) is 5. The van der Waals surface area contributed by atoms with Gasteiger partial charge in [-0.2, -0.15) is 5.10 Å². The van der Waals surface area contributed by atoms with Crippen LogP contribution in [0.5, 0.6) is 0 Å². The van der Waals surface area contributed by atoms with Crippen LogP contribution in [-0.2, 0) is 9.53 Å². The fraction of sp³-hybridized carbons (Fsp3) is 0.273. The van der Waals surface area contributed by atoms with Crippen LogP contribution in [0.25, 0.3) is 5.82 Å². The molecule has 2 heterocycles. The van der Waals surface area contributed by atoms with Crippen LogP contribution in [-0.4, -0.2) is 33.2 Å². The van der Waals surface area contributed by atoms with Crippen LogP contribution in [0.3, 0.4) is 0 Å². The van der Waals surface area contributed by atoms with Crippen molar-refractivity contribution in [2.24, 2.45) is 0 Å². The standard InChI is InChI=1S/C22H24N4O3/c1-14(2)21-17(12-24-26(21)19-7-5-6-10-23-19)22(28)29-13-20(27)25-18-11-15(3)8-9-16(18)4/h5-12,14H,13H2,1-4H3,(H,25,27). The molecule has 3 aromatic rings. The molecular weight excluding hydrogens is 368 g/mol. The number of hydrogen-bond donors (Lipinski definition) is 1. The van der Waals surface area contributed by atoms with Gasteiger partial charge < -0.3 is 10.1 Å². The number of nitrogens with one attached hydrogen (secondary N) is 1. The molecule has 0 fully saturated rings. The molecule has 0 aliphatic carbocycles. The summed E-state index contributed by atoms with van der Waals surface area (Å²) < 4.78 is 6.87. The molecular formula is C22H24N4O3. The van der Waals surface area contributed by atoms with E-state index in [0.29, 0.717) is 22.8 Å². The van der Waals surface area contributed by atoms with Gasteiger partial charge in [-0.05, 0) is 49.1 Å². The number of aryl methyl sites for hydroxylation is 2. The number of rotatable bonds is 6. The van der Waals surface area contributed by atoms with Gasteiger partial charge in [0.2, 0.25) is 0 Å². The first kappa shape index (κ1) is 20.3. The monoisotopic (exact) mass is 392 g/mol. The summed E-state index contributed by atoms with van der Waals surface area (Å²) in [6.45, 7) is 7.39. The summed E-state index contributed by atoms with van der Waals surface area (Å²) in [5, 5.41) is 7.08. The van der Waals surface area contributed by atoms with Crippen molar-refractivity contribution in [3.63, 3.8) is 0 Å². The van der Waals surface area contributed by atoms with E-state index in [9.17, 15) is 9.59 Å². The minimum atomic E-state index is -0.591. The highest BCUT2D eigenvalue weighted by molar-refractivity contribution is 5.96. The third kappa shape index (κ3) is 4.68. The second-order valence-electron chi connectivity index (χ2n) is 7.14. The Balaban J connectivity index is 1.72. The summed E-state index contributed by atoms with van der Waals surface area (Å²) >= 11 is 0. The first-order valence-corrected chi connectivity index (χ1v) is 9.40. The largest absolute Gasteiger partial charge is 0.452 e. The van der Waals surface area contributed by atoms with Crippen molar-refractivity contribution >= 4 is 17.6 Å². The molecule has 0 unspecified atom stereocenters. The average Bonchev–Trinajstić information content (AvgIpc) is 3.15. The van der Waals surface area contributed by atoms with E-state index < -0.39 is 11.9 Å². The van der Waals surface area contributed by atoms with Crippen LogP contribution in [0.4, 0.5) is 5.69 Å². The molecule has 0 aliphatic rings. The summed E-state index contributed by atoms with van der Waals surface area (Å²) in [6, 6.07) is 11.2. The van der Waals surface area contributed by atoms with Gasteiger partial charge in [-0.25, -0.2) is 14.5 Å². The van der Waals surface area contributed by atoms with Gasteiger partial charge in [0.1, 0.15) is 5.56 Å². The molecule has 1 aromatic carbocycles. The number of amides is 1. The van der Waals surface area contributed by atoms with Crippen LogP contribution in [0.15, 0.2) is 48.8 Å². The molecule has 29 heavy (non-hydrogen) atoms. The van der Waals surface area contributed by atoms with Gasteiger partial charge >= 0.3 is 5.97 Å². The Hall–Kier alpha value is -3.48. The van der Waals surface area contributed by atoms with Crippen LogP contribution in [0.1, 0.15) is 46.9 Å². The fourth-order valence-corrected chi connectivity index (χ4v) is 3.00. The number of anilines is 1. The molecule has 1 N–H and O–H groups in total. The number of nitrogens with zero attached hydrogens (tertiary/aromatic N) is 3. The van der Waals surface area contributed by atoms with Crippen LogP contribution < -0.4 is 5.32 Å². The van der Waals surface area contributed by atoms with Gasteiger partial charge in [0.05, 0.1) is 11.9 Å². The highest BCUT2D eigenvalue weighted by atomic mass is 16.5. The Kier molecular flexibility index (Phi) is 6.07. The molecule has 0 radical (unpaired) electrons. The van der Waals surface area contributed by atoms with E-state index in [0.717, 1.165) is 11.1 Å². The second kappa shape index (κ2) is 8.68. The summed E-state index contributed by atoms with van der Waals surface area (Å²) in [6.07, 6.45) is 3.12. The number of pyridine rings is 1. The quantitative estimate of drug-likeness (QED) is 0.645. The van der Waals surface area contributed by atoms with E-state index in [2.05, 4.69) is 15.4 Å². The van der Waals surface area contributed by atoms with E-state index in [1.54, 1.807) is 10.9 Å². The van der Waals surface area contributed by atoms with Crippen molar-refractivity contribution in [1.82, 2.24) is 14.8 Å². The lowest BCUT2D eigenvalue weighted by atomic mass is 10.1. The maximum atomic E-state index is 12.6. The van der Waals surface area contributed by atoms with E-state index in [-0.39, 0.29) is 12.5 Å². The van der Waals surface area contributed by atoms with Gasteiger partial charge in [0.25, 0.3) is 5.91 Å². The molecule has 0 saturated carbocycles. The first-order chi connectivity index (χ1) is 13.9. The fourth-order valence-electron chi connectivity index (χ4n) is 3.00. The SMILES string of the molecule is Cc1ccc(C)c(NC(=O)COC(=O)c2cnn(-c3ccccn3)c2C(C)C)c1. The summed E-state index contributed by atoms with van der Waals surface area (Å²) in [5.41, 5.74) is 3.69. The molecule has 0 atom stereocenters. The summed E-state index contributed by atoms with van der Waals surface area (Å²) in [5.74, 6) is -0.365. The zero-order valence-corrected chi connectivity index (χ0v) is 17.0. The van der Waals surface area contributed by atoms with Crippen LogP contribution >= 0.6 is 0 Å². The predicted molar refractivity (Wildman–Crippen MR) is 110 cm³/mol. The maximum absolute atomic E-state index is 12.6. The number of carbonyl (C=O) groups excluding carboxylic acids is 2. The van der Waals surface area contributed by atoms with E-state index in [1.165, 1.54) is 6.20 Å². The first-order valence-electron chi connectivity index (χ1n) is 9.40. The maximum Gasteiger partial charge on any atom is 0.342 e. The smallest absolute Gasteiger partial charge is 0.342 e. The van der Waals surface area contributed by atoms with Crippen LogP contribution in [0, 0.1) is 13.8 Å². The second-order valence-corrected chi connectivity index (χ2v) is 7.14. The lowest BCUT2D eigenvalue weighted by Gasteiger charge is -2.12. The lowest BCUT2D eigenvalue weighted by molar-refractivity contribution is -0.119. The van der Waals surface area contributed by atoms with Crippen LogP contribution in [0.2, 0.25) is 0 Å². The Morgan fingerprint density at radius 2 is 1.97 bits per heavy atom. The Labute approximate surface area is 169 Å². The van der Waals surface area contributed by atoms with Crippen molar-refractivity contribution < 1.29 is 14.3 Å². The molecule has 2 aromatic heterocycles. The number of carbonyl (C=O) groups is 2. The molecule has 150 valence electrons. The lowest BCUT2D eigenvalue weighted by Crippen LogP contribution is -2.22. The van der Waals surface area contributed by atoms with Crippen molar-refractivity contribution in [3.05, 3.63) is 71.2 Å². The molecule has 1 amide bonds. The van der Waals surface area contributed by atoms with Crippen molar-refractivity contribution in [1.29, 1.82) is 0 Å². The topological polar surface area (TPSA) is 86.1 Å². The normalized spacial score (nSPS) is 10.8. The van der Waals surface area contributed by atoms with Gasteiger partial charge in [-0.1, -0.05) is 32.0 Å². The van der Waals surface area contributed by atoms with Gasteiger partial charge in [0, 0.05) is 11.9 Å². The molecule has 0 bridgehead atoms. The predicted octanol–water partition coefficient (Wildman–Crippen LogP) is 3.80. The third-order valence-electron chi connectivity index (χ3n) is 4.44. The number of benzene rings is 1. The number of aromatic nitrogens is 3. The van der Waals surface area contributed by atoms with E-state index in [4.69, 9.17) is 4.74 Å². The van der Waals surface area contributed by atoms with E-state index in [1.807, 2.05) is 64.1 Å². The molecule has 0 spiro atoms. The van der Waals surface area contributed by atoms with Gasteiger partial charge in [0.15, 0.2) is 12.4 Å². The Morgan fingerprint density at radius 1 is 1.17 bits per heavy atom. The van der Waals surface area contributed by atoms with Crippen molar-refractivity contribution in [3.8, 4) is 5.82 Å². The summed E-state index contributed by atoms with van der Waals surface area (Å²) in [7, 11) is 0. The molecule has 3 rings (SSSR count). The summed E-state index contributed by atoms with van der Waals surface area (Å²) in [4.78, 5) is 29.1. The number of esters is 1. The average molecular weight is 392 g/mol. The van der Waals surface area contributed by atoms with Gasteiger partial charge in [-0.3, -0.25) is 4.79 Å². The Bertz CT molecular complexity index is 1030. The van der Waals surface area contributed by atoms with Gasteiger partial charge in [-0.15, -0.1) is 0 Å². The third-order valence-corrected chi connectivity index (χ3v) is 4.44. The number of ether oxygens (including phenoxy) is 1. The molecule has 7 heteroatoms. The van der Waals surface area contributed by atoms with Crippen molar-refractivity contribution in [2.45, 2.75) is 33.6 Å². The van der Waals surface area contributed by atoms with E-state index >= 15 is 0 Å². The minimum absolute atomic E-state index is 0.00539. The Morgan fingerprint density at radius 3 is 2.66 bits per heavy atom. The highest BCUT2D eigenvalue weighted by Crippen LogP contribution is 2.23. The van der Waals surface area contributed by atoms with Crippen molar-refractivity contribution in [2.75, 3.05) is 11.9 Å². The molecule has 7 nitrogen and oxygen atoms in total. The zero-order valence-electron chi connectivity index (χ0n) is 17.0.